The van der Waals surface area contributed by atoms with Crippen LogP contribution in [0.25, 0.3) is 0 Å². The molecule has 0 spiro atoms. The molecule has 4 rings (SSSR count). The van der Waals surface area contributed by atoms with Gasteiger partial charge in [0.05, 0.1) is 6.54 Å². The van der Waals surface area contributed by atoms with Gasteiger partial charge in [0.2, 0.25) is 0 Å². The smallest absolute Gasteiger partial charge is 0.410 e. The van der Waals surface area contributed by atoms with Gasteiger partial charge >= 0.3 is 12.2 Å². The van der Waals surface area contributed by atoms with E-state index in [9.17, 15) is 14.4 Å². The molecule has 39 heavy (non-hydrogen) atoms. The average molecular weight is 606 g/mol. The molecule has 0 N–H and O–H groups in total. The minimum absolute atomic E-state index is 0. The summed E-state index contributed by atoms with van der Waals surface area (Å²) < 4.78 is 11.8. The Morgan fingerprint density at radius 3 is 1.67 bits per heavy atom. The zero-order valence-corrected chi connectivity index (χ0v) is 24.2. The van der Waals surface area contributed by atoms with E-state index in [1.165, 1.54) is 11.1 Å². The molecule has 0 bridgehead atoms. The van der Waals surface area contributed by atoms with Gasteiger partial charge in [-0.2, -0.15) is 0 Å². The first-order valence-electron chi connectivity index (χ1n) is 12.6. The van der Waals surface area contributed by atoms with E-state index in [1.54, 1.807) is 15.9 Å². The summed E-state index contributed by atoms with van der Waals surface area (Å²) in [6.45, 7) is 13.6. The minimum atomic E-state index is -0.498. The van der Waals surface area contributed by atoms with E-state index in [0.717, 1.165) is 41.3 Å². The van der Waals surface area contributed by atoms with Gasteiger partial charge in [-0.15, -0.1) is 0 Å². The molecule has 2 aromatic rings. The maximum Gasteiger partial charge on any atom is 0.410 e. The number of rotatable bonds is 1. The van der Waals surface area contributed by atoms with Crippen molar-refractivity contribution in [3.05, 3.63) is 68.7 Å². The zero-order chi connectivity index (χ0) is 27.4. The number of hydrogen-bond acceptors (Lipinski definition) is 5. The van der Waals surface area contributed by atoms with Gasteiger partial charge in [-0.3, -0.25) is 4.79 Å². The van der Waals surface area contributed by atoms with Gasteiger partial charge in [-0.25, -0.2) is 9.59 Å². The summed E-state index contributed by atoms with van der Waals surface area (Å²) in [5, 5.41) is 0. The molecule has 0 unspecified atom stereocenters. The van der Waals surface area contributed by atoms with Crippen molar-refractivity contribution in [3.63, 3.8) is 0 Å². The first-order valence-corrected chi connectivity index (χ1v) is 13.3. The van der Waals surface area contributed by atoms with Crippen LogP contribution >= 0.6 is 15.9 Å². The number of hydrogen-bond donors (Lipinski definition) is 0. The fourth-order valence-electron chi connectivity index (χ4n) is 4.22. The van der Waals surface area contributed by atoms with Crippen molar-refractivity contribution in [2.24, 2.45) is 0 Å². The Morgan fingerprint density at radius 1 is 0.769 bits per heavy atom. The molecular formula is C31H45BrN2O5. The highest BCUT2D eigenvalue weighted by Crippen LogP contribution is 2.27. The molecule has 2 amide bonds. The van der Waals surface area contributed by atoms with Crippen molar-refractivity contribution >= 4 is 34.4 Å². The number of nitrogens with zero attached hydrogens (tertiary/aromatic N) is 2. The van der Waals surface area contributed by atoms with E-state index in [0.29, 0.717) is 25.2 Å². The van der Waals surface area contributed by atoms with E-state index in [2.05, 4.69) is 22.0 Å². The van der Waals surface area contributed by atoms with Crippen LogP contribution in [-0.4, -0.2) is 52.6 Å². The Kier molecular flexibility index (Phi) is 12.2. The summed E-state index contributed by atoms with van der Waals surface area (Å²) >= 11 is 3.54. The lowest BCUT2D eigenvalue weighted by atomic mass is 9.96. The van der Waals surface area contributed by atoms with Crippen LogP contribution in [0.1, 0.15) is 89.0 Å². The number of carbonyl (C=O) groups excluding carboxylic acids is 3. The summed E-state index contributed by atoms with van der Waals surface area (Å²) in [6, 6.07) is 11.8. The van der Waals surface area contributed by atoms with Crippen molar-refractivity contribution in [1.82, 2.24) is 9.80 Å². The molecule has 0 saturated carbocycles. The second-order valence-electron chi connectivity index (χ2n) is 11.3. The molecule has 7 nitrogen and oxygen atoms in total. The lowest BCUT2D eigenvalue weighted by Crippen LogP contribution is -2.40. The topological polar surface area (TPSA) is 76.2 Å². The van der Waals surface area contributed by atoms with E-state index < -0.39 is 11.2 Å². The molecule has 0 aromatic heterocycles. The molecule has 2 aliphatic rings. The monoisotopic (exact) mass is 604 g/mol. The fraction of sp³-hybridized carbons (Fsp3) is 0.516. The molecule has 0 atom stereocenters. The molecule has 2 heterocycles. The second kappa shape index (κ2) is 14.0. The molecule has 0 aliphatic carbocycles. The lowest BCUT2D eigenvalue weighted by Gasteiger charge is -2.31. The lowest BCUT2D eigenvalue weighted by molar-refractivity contribution is 0.0213. The summed E-state index contributed by atoms with van der Waals surface area (Å²) in [7, 11) is 0. The summed E-state index contributed by atoms with van der Waals surface area (Å²) in [5.74, 6) is 0. The zero-order valence-electron chi connectivity index (χ0n) is 22.6. The van der Waals surface area contributed by atoms with E-state index >= 15 is 0 Å². The number of ether oxygens (including phenoxy) is 2. The third-order valence-electron chi connectivity index (χ3n) is 5.96. The van der Waals surface area contributed by atoms with Gasteiger partial charge < -0.3 is 19.3 Å². The highest BCUT2D eigenvalue weighted by Gasteiger charge is 2.27. The Hall–Kier alpha value is -2.87. The van der Waals surface area contributed by atoms with Crippen molar-refractivity contribution < 1.29 is 23.9 Å². The van der Waals surface area contributed by atoms with Crippen LogP contribution in [0.4, 0.5) is 9.59 Å². The summed E-state index contributed by atoms with van der Waals surface area (Å²) in [4.78, 5) is 38.5. The van der Waals surface area contributed by atoms with Crippen LogP contribution in [-0.2, 0) is 35.4 Å². The molecule has 0 radical (unpaired) electrons. The molecule has 216 valence electrons. The largest absolute Gasteiger partial charge is 0.444 e. The number of fused-ring (bicyclic) bond motifs is 2. The van der Waals surface area contributed by atoms with Crippen molar-refractivity contribution in [2.45, 2.75) is 93.5 Å². The Balaban J connectivity index is 0.000000371. The highest BCUT2D eigenvalue weighted by molar-refractivity contribution is 9.10. The molecule has 8 heteroatoms. The Labute approximate surface area is 243 Å². The predicted molar refractivity (Wildman–Crippen MR) is 160 cm³/mol. The SMILES string of the molecule is C.C.CC(C)(C)OC(=O)N1CCc2cccc(Br)c2C1.CC(C)(C)OC(=O)N1CCc2cccc(C=O)c2C1. The third kappa shape index (κ3) is 9.67. The Bertz CT molecular complexity index is 1150. The first kappa shape index (κ1) is 34.2. The standard InChI is InChI=1S/C15H19NO3.C14H18BrNO2.2CH4/c1-15(2,3)19-14(18)16-8-7-11-5-4-6-12(10-17)13(11)9-16;1-14(2,3)18-13(17)16-8-7-10-5-4-6-12(15)11(10)9-16;;/h4-6,10H,7-9H2,1-3H3;4-6H,7-9H2,1-3H3;2*1H4. The van der Waals surface area contributed by atoms with E-state index in [1.807, 2.05) is 65.8 Å². The van der Waals surface area contributed by atoms with Crippen molar-refractivity contribution in [2.75, 3.05) is 13.1 Å². The van der Waals surface area contributed by atoms with Gasteiger partial charge in [-0.05, 0) is 82.7 Å². The van der Waals surface area contributed by atoms with Gasteiger partial charge in [-0.1, -0.05) is 61.1 Å². The van der Waals surface area contributed by atoms with Gasteiger partial charge in [0.15, 0.2) is 0 Å². The fourth-order valence-corrected chi connectivity index (χ4v) is 4.75. The van der Waals surface area contributed by atoms with Gasteiger partial charge in [0, 0.05) is 29.7 Å². The number of halogens is 1. The Morgan fingerprint density at radius 2 is 1.21 bits per heavy atom. The molecule has 2 aromatic carbocycles. The van der Waals surface area contributed by atoms with Gasteiger partial charge in [0.1, 0.15) is 17.5 Å². The molecular weight excluding hydrogens is 560 g/mol. The highest BCUT2D eigenvalue weighted by atomic mass is 79.9. The van der Waals surface area contributed by atoms with Crippen LogP contribution in [0.2, 0.25) is 0 Å². The van der Waals surface area contributed by atoms with Crippen LogP contribution in [0.3, 0.4) is 0 Å². The third-order valence-corrected chi connectivity index (χ3v) is 6.70. The summed E-state index contributed by atoms with van der Waals surface area (Å²) in [6.07, 6.45) is 1.93. The minimum Gasteiger partial charge on any atom is -0.444 e. The maximum atomic E-state index is 12.0. The van der Waals surface area contributed by atoms with Crippen LogP contribution < -0.4 is 0 Å². The number of amides is 2. The van der Waals surface area contributed by atoms with E-state index in [-0.39, 0.29) is 27.0 Å². The number of benzene rings is 2. The van der Waals surface area contributed by atoms with Crippen LogP contribution in [0.15, 0.2) is 40.9 Å². The predicted octanol–water partition coefficient (Wildman–Crippen LogP) is 7.81. The van der Waals surface area contributed by atoms with Crippen LogP contribution in [0, 0.1) is 0 Å². The second-order valence-corrected chi connectivity index (χ2v) is 12.1. The number of carbonyl (C=O) groups is 3. The van der Waals surface area contributed by atoms with Crippen molar-refractivity contribution in [3.8, 4) is 0 Å². The quantitative estimate of drug-likeness (QED) is 0.310. The average Bonchev–Trinajstić information content (AvgIpc) is 2.81. The number of aldehydes is 1. The van der Waals surface area contributed by atoms with Gasteiger partial charge in [0.25, 0.3) is 0 Å². The summed E-state index contributed by atoms with van der Waals surface area (Å²) in [5.41, 5.74) is 4.30. The van der Waals surface area contributed by atoms with Crippen molar-refractivity contribution in [1.29, 1.82) is 0 Å². The normalized spacial score (nSPS) is 14.2. The first-order chi connectivity index (χ1) is 17.3. The molecule has 2 aliphatic heterocycles. The van der Waals surface area contributed by atoms with E-state index in [4.69, 9.17) is 9.47 Å². The maximum absolute atomic E-state index is 12.0. The van der Waals surface area contributed by atoms with Crippen LogP contribution in [0.5, 0.6) is 0 Å². The molecule has 0 fully saturated rings. The molecule has 0 saturated heterocycles.